The van der Waals surface area contributed by atoms with E-state index >= 15 is 0 Å². The summed E-state index contributed by atoms with van der Waals surface area (Å²) >= 11 is 0. The zero-order valence-corrected chi connectivity index (χ0v) is 15.2. The molecule has 132 valence electrons. The zero-order chi connectivity index (χ0) is 18.7. The summed E-state index contributed by atoms with van der Waals surface area (Å²) < 4.78 is 5.14. The molecule has 0 fully saturated rings. The minimum atomic E-state index is -0.601. The van der Waals surface area contributed by atoms with Gasteiger partial charge in [-0.15, -0.1) is 0 Å². The molecule has 0 aliphatic heterocycles. The highest BCUT2D eigenvalue weighted by atomic mass is 16.5. The van der Waals surface area contributed by atoms with Gasteiger partial charge in [-0.3, -0.25) is 4.79 Å². The van der Waals surface area contributed by atoms with Crippen molar-refractivity contribution in [2.75, 3.05) is 6.61 Å². The van der Waals surface area contributed by atoms with Crippen molar-refractivity contribution in [1.29, 1.82) is 0 Å². The van der Waals surface area contributed by atoms with Gasteiger partial charge in [0.15, 0.2) is 12.4 Å². The van der Waals surface area contributed by atoms with Crippen molar-refractivity contribution in [2.45, 2.75) is 26.2 Å². The van der Waals surface area contributed by atoms with Crippen LogP contribution in [0.1, 0.15) is 47.2 Å². The van der Waals surface area contributed by atoms with Crippen LogP contribution in [-0.4, -0.2) is 23.3 Å². The van der Waals surface area contributed by atoms with Crippen molar-refractivity contribution in [2.24, 2.45) is 0 Å². The number of carbonyl (C=O) groups is 2. The summed E-state index contributed by atoms with van der Waals surface area (Å²) in [6.07, 6.45) is 0. The second-order valence-corrected chi connectivity index (χ2v) is 7.22. The maximum absolute atomic E-state index is 12.3. The average molecular weight is 347 g/mol. The Balaban J connectivity index is 1.65. The third kappa shape index (κ3) is 3.97. The number of ketones is 1. The number of fused-ring (bicyclic) bond motifs is 1. The topological polar surface area (TPSA) is 56.3 Å². The van der Waals surface area contributed by atoms with Gasteiger partial charge >= 0.3 is 5.97 Å². The minimum absolute atomic E-state index is 0.0236. The molecule has 0 amide bonds. The Bertz CT molecular complexity index is 953. The molecule has 0 N–H and O–H groups in total. The van der Waals surface area contributed by atoms with E-state index in [9.17, 15) is 9.59 Å². The van der Waals surface area contributed by atoms with Gasteiger partial charge in [-0.1, -0.05) is 69.3 Å². The number of benzene rings is 2. The molecule has 26 heavy (non-hydrogen) atoms. The van der Waals surface area contributed by atoms with E-state index in [1.165, 1.54) is 0 Å². The highest BCUT2D eigenvalue weighted by molar-refractivity contribution is 5.99. The molecular weight excluding hydrogens is 326 g/mol. The highest BCUT2D eigenvalue weighted by Crippen LogP contribution is 2.22. The van der Waals surface area contributed by atoms with Gasteiger partial charge in [0.1, 0.15) is 5.69 Å². The van der Waals surface area contributed by atoms with E-state index in [4.69, 9.17) is 4.74 Å². The van der Waals surface area contributed by atoms with Gasteiger partial charge in [0.2, 0.25) is 0 Å². The SMILES string of the molecule is CC(C)(C)c1ccc(C(=O)COC(=O)c2ccc3ccccc3n2)cc1. The summed E-state index contributed by atoms with van der Waals surface area (Å²) in [5.41, 5.74) is 2.60. The molecule has 3 aromatic rings. The van der Waals surface area contributed by atoms with Crippen LogP contribution in [0.3, 0.4) is 0 Å². The number of rotatable bonds is 4. The lowest BCUT2D eigenvalue weighted by atomic mass is 9.86. The van der Waals surface area contributed by atoms with Gasteiger partial charge in [0.05, 0.1) is 5.52 Å². The molecule has 2 aromatic carbocycles. The number of para-hydroxylation sites is 1. The number of pyridine rings is 1. The minimum Gasteiger partial charge on any atom is -0.453 e. The van der Waals surface area contributed by atoms with Crippen molar-refractivity contribution < 1.29 is 14.3 Å². The lowest BCUT2D eigenvalue weighted by Crippen LogP contribution is -2.16. The first-order valence-electron chi connectivity index (χ1n) is 8.51. The van der Waals surface area contributed by atoms with Crippen LogP contribution >= 0.6 is 0 Å². The Kier molecular flexibility index (Phi) is 4.85. The van der Waals surface area contributed by atoms with Gasteiger partial charge in [0.25, 0.3) is 0 Å². The third-order valence-electron chi connectivity index (χ3n) is 4.21. The average Bonchev–Trinajstić information content (AvgIpc) is 2.64. The Morgan fingerprint density at radius 1 is 0.923 bits per heavy atom. The standard InChI is InChI=1S/C22H21NO3/c1-22(2,3)17-11-8-16(9-12-17)20(24)14-26-21(25)19-13-10-15-6-4-5-7-18(15)23-19/h4-13H,14H2,1-3H3. The summed E-state index contributed by atoms with van der Waals surface area (Å²) in [4.78, 5) is 28.7. The molecule has 0 aliphatic carbocycles. The normalized spacial score (nSPS) is 11.3. The van der Waals surface area contributed by atoms with Crippen molar-refractivity contribution in [3.8, 4) is 0 Å². The van der Waals surface area contributed by atoms with Crippen molar-refractivity contribution in [1.82, 2.24) is 4.98 Å². The first-order valence-corrected chi connectivity index (χ1v) is 8.51. The fraction of sp³-hybridized carbons (Fsp3) is 0.227. The first kappa shape index (κ1) is 17.8. The number of carbonyl (C=O) groups excluding carboxylic acids is 2. The Hall–Kier alpha value is -3.01. The fourth-order valence-corrected chi connectivity index (χ4v) is 2.62. The highest BCUT2D eigenvalue weighted by Gasteiger charge is 2.16. The molecule has 0 atom stereocenters. The molecule has 0 radical (unpaired) electrons. The summed E-state index contributed by atoms with van der Waals surface area (Å²) in [5, 5.41) is 0.944. The van der Waals surface area contributed by atoms with Gasteiger partial charge in [-0.25, -0.2) is 9.78 Å². The largest absolute Gasteiger partial charge is 0.453 e. The number of Topliss-reactive ketones (excluding diaryl/α,β-unsaturated/α-hetero) is 1. The van der Waals surface area contributed by atoms with Crippen LogP contribution in [0.4, 0.5) is 0 Å². The molecule has 1 aromatic heterocycles. The Labute approximate surface area is 152 Å². The molecule has 0 unspecified atom stereocenters. The van der Waals surface area contributed by atoms with Crippen molar-refractivity contribution in [3.63, 3.8) is 0 Å². The van der Waals surface area contributed by atoms with E-state index in [0.717, 1.165) is 10.9 Å². The molecule has 1 heterocycles. The predicted octanol–water partition coefficient (Wildman–Crippen LogP) is 4.57. The van der Waals surface area contributed by atoms with E-state index in [2.05, 4.69) is 25.8 Å². The van der Waals surface area contributed by atoms with Crippen LogP contribution < -0.4 is 0 Å². The maximum atomic E-state index is 12.3. The van der Waals surface area contributed by atoms with E-state index < -0.39 is 5.97 Å². The molecule has 4 heteroatoms. The first-order chi connectivity index (χ1) is 12.3. The molecule has 0 aliphatic rings. The van der Waals surface area contributed by atoms with E-state index in [1.807, 2.05) is 42.5 Å². The molecule has 0 saturated carbocycles. The summed E-state index contributed by atoms with van der Waals surface area (Å²) in [5.74, 6) is -0.838. The predicted molar refractivity (Wildman–Crippen MR) is 101 cm³/mol. The van der Waals surface area contributed by atoms with Crippen LogP contribution in [0.2, 0.25) is 0 Å². The van der Waals surface area contributed by atoms with E-state index in [-0.39, 0.29) is 23.5 Å². The van der Waals surface area contributed by atoms with Crippen LogP contribution in [0.5, 0.6) is 0 Å². The number of hydrogen-bond acceptors (Lipinski definition) is 4. The maximum Gasteiger partial charge on any atom is 0.357 e. The summed E-state index contributed by atoms with van der Waals surface area (Å²) in [7, 11) is 0. The third-order valence-corrected chi connectivity index (χ3v) is 4.21. The number of ether oxygens (including phenoxy) is 1. The fourth-order valence-electron chi connectivity index (χ4n) is 2.62. The van der Waals surface area contributed by atoms with Gasteiger partial charge in [-0.2, -0.15) is 0 Å². The Morgan fingerprint density at radius 3 is 2.31 bits per heavy atom. The molecule has 3 rings (SSSR count). The van der Waals surface area contributed by atoms with Crippen LogP contribution in [-0.2, 0) is 10.2 Å². The second kappa shape index (κ2) is 7.08. The summed E-state index contributed by atoms with van der Waals surface area (Å²) in [6, 6.07) is 18.3. The number of hydrogen-bond donors (Lipinski definition) is 0. The Morgan fingerprint density at radius 2 is 1.62 bits per heavy atom. The van der Waals surface area contributed by atoms with Gasteiger partial charge in [-0.05, 0) is 23.1 Å². The van der Waals surface area contributed by atoms with Crippen LogP contribution in [0.25, 0.3) is 10.9 Å². The van der Waals surface area contributed by atoms with Gasteiger partial charge < -0.3 is 4.74 Å². The van der Waals surface area contributed by atoms with Crippen LogP contribution in [0, 0.1) is 0 Å². The second-order valence-electron chi connectivity index (χ2n) is 7.22. The van der Waals surface area contributed by atoms with E-state index in [0.29, 0.717) is 11.1 Å². The van der Waals surface area contributed by atoms with Crippen LogP contribution in [0.15, 0.2) is 60.7 Å². The zero-order valence-electron chi connectivity index (χ0n) is 15.2. The molecule has 0 bridgehead atoms. The smallest absolute Gasteiger partial charge is 0.357 e. The number of esters is 1. The van der Waals surface area contributed by atoms with Gasteiger partial charge in [0, 0.05) is 10.9 Å². The van der Waals surface area contributed by atoms with E-state index in [1.54, 1.807) is 18.2 Å². The van der Waals surface area contributed by atoms with Crippen molar-refractivity contribution in [3.05, 3.63) is 77.5 Å². The lowest BCUT2D eigenvalue weighted by Gasteiger charge is -2.18. The summed E-state index contributed by atoms with van der Waals surface area (Å²) in [6.45, 7) is 6.04. The molecule has 0 spiro atoms. The quantitative estimate of drug-likeness (QED) is 0.512. The molecular formula is C22H21NO3. The monoisotopic (exact) mass is 347 g/mol. The molecule has 4 nitrogen and oxygen atoms in total. The lowest BCUT2D eigenvalue weighted by molar-refractivity contribution is 0.0469. The number of aromatic nitrogens is 1. The molecule has 0 saturated heterocycles. The van der Waals surface area contributed by atoms with Crippen molar-refractivity contribution >= 4 is 22.7 Å². The number of nitrogens with zero attached hydrogens (tertiary/aromatic N) is 1.